The largest absolute Gasteiger partial charge is 0.348 e. The normalized spacial score (nSPS) is 19.4. The van der Waals surface area contributed by atoms with Crippen molar-refractivity contribution < 1.29 is 0 Å². The summed E-state index contributed by atoms with van der Waals surface area (Å²) in [5, 5.41) is 4.93. The van der Waals surface area contributed by atoms with Gasteiger partial charge in [0.2, 0.25) is 5.95 Å². The van der Waals surface area contributed by atoms with Crippen LogP contribution in [0.25, 0.3) is 5.52 Å². The van der Waals surface area contributed by atoms with Gasteiger partial charge >= 0.3 is 0 Å². The highest BCUT2D eigenvalue weighted by molar-refractivity contribution is 5.59. The van der Waals surface area contributed by atoms with Crippen LogP contribution < -0.4 is 4.90 Å². The third-order valence-electron chi connectivity index (χ3n) is 5.58. The van der Waals surface area contributed by atoms with E-state index in [1.807, 2.05) is 16.8 Å². The quantitative estimate of drug-likeness (QED) is 0.610. The first kappa shape index (κ1) is 14.9. The van der Waals surface area contributed by atoms with E-state index in [0.717, 1.165) is 30.3 Å². The third kappa shape index (κ3) is 2.34. The van der Waals surface area contributed by atoms with Crippen LogP contribution in [-0.2, 0) is 6.42 Å². The van der Waals surface area contributed by atoms with E-state index < -0.39 is 0 Å². The molecule has 7 heteroatoms. The number of hydrogen-bond acceptors (Lipinski definition) is 5. The maximum atomic E-state index is 4.93. The number of fused-ring (bicyclic) bond motifs is 2. The van der Waals surface area contributed by atoms with Crippen molar-refractivity contribution in [1.29, 1.82) is 0 Å². The average molecular weight is 357 g/mol. The summed E-state index contributed by atoms with van der Waals surface area (Å²) in [7, 11) is 0. The van der Waals surface area contributed by atoms with Crippen LogP contribution in [0.15, 0.2) is 49.2 Å². The highest BCUT2D eigenvalue weighted by Crippen LogP contribution is 2.43. The number of aromatic amines is 1. The fourth-order valence-electron chi connectivity index (χ4n) is 4.16. The lowest BCUT2D eigenvalue weighted by Gasteiger charge is -2.33. The van der Waals surface area contributed by atoms with Gasteiger partial charge < -0.3 is 9.88 Å². The Balaban J connectivity index is 1.52. The van der Waals surface area contributed by atoms with Crippen molar-refractivity contribution in [3.8, 4) is 0 Å². The summed E-state index contributed by atoms with van der Waals surface area (Å²) >= 11 is 0. The Morgan fingerprint density at radius 2 is 1.96 bits per heavy atom. The number of hydrogen-bond donors (Lipinski definition) is 1. The smallest absolute Gasteiger partial charge is 0.226 e. The number of nitrogens with one attached hydrogen (secondary N) is 1. The summed E-state index contributed by atoms with van der Waals surface area (Å²) in [5.41, 5.74) is 5.78. The standard InChI is InChI=1S/C20H19N7/c1-3-14(13-4-5-13)17-11-16(25-27(17)9-1)19-18-15(23-12-24-18)6-10-26(19)20-21-7-2-8-22-20/h1-3,7-9,11-13,19H,4-6,10H2,(H,23,24)/t19-/m1/s1. The zero-order chi connectivity index (χ0) is 17.8. The average Bonchev–Trinajstić information content (AvgIpc) is 3.28. The van der Waals surface area contributed by atoms with Gasteiger partial charge in [-0.1, -0.05) is 6.07 Å². The molecule has 5 heterocycles. The van der Waals surface area contributed by atoms with E-state index in [9.17, 15) is 0 Å². The van der Waals surface area contributed by atoms with Gasteiger partial charge in [0.05, 0.1) is 23.2 Å². The van der Waals surface area contributed by atoms with Crippen LogP contribution >= 0.6 is 0 Å². The minimum absolute atomic E-state index is 0.0886. The number of imidazole rings is 1. The monoisotopic (exact) mass is 357 g/mol. The Bertz CT molecular complexity index is 1110. The molecule has 4 aromatic heterocycles. The number of nitrogens with zero attached hydrogens (tertiary/aromatic N) is 6. The summed E-state index contributed by atoms with van der Waals surface area (Å²) in [6, 6.07) is 8.30. The number of pyridine rings is 1. The summed E-state index contributed by atoms with van der Waals surface area (Å²) < 4.78 is 2.01. The van der Waals surface area contributed by atoms with E-state index in [4.69, 9.17) is 5.10 Å². The highest BCUT2D eigenvalue weighted by atomic mass is 15.3. The van der Waals surface area contributed by atoms with Crippen molar-refractivity contribution in [1.82, 2.24) is 29.5 Å². The van der Waals surface area contributed by atoms with E-state index in [1.54, 1.807) is 18.7 Å². The molecule has 4 aromatic rings. The molecule has 0 aromatic carbocycles. The van der Waals surface area contributed by atoms with Crippen LogP contribution in [0, 0.1) is 0 Å². The predicted octanol–water partition coefficient (Wildman–Crippen LogP) is 2.88. The minimum atomic E-state index is -0.0886. The first-order valence-corrected chi connectivity index (χ1v) is 9.42. The SMILES string of the molecule is c1cnc(N2CCc3[nH]cnc3[C@H]2c2cc3c(C4CC4)cccn3n2)nc1. The lowest BCUT2D eigenvalue weighted by atomic mass is 10.00. The molecule has 0 radical (unpaired) electrons. The van der Waals surface area contributed by atoms with Crippen molar-refractivity contribution in [3.05, 3.63) is 71.8 Å². The molecule has 1 aliphatic heterocycles. The van der Waals surface area contributed by atoms with Crippen molar-refractivity contribution in [3.63, 3.8) is 0 Å². The predicted molar refractivity (Wildman–Crippen MR) is 101 cm³/mol. The topological polar surface area (TPSA) is 75.0 Å². The van der Waals surface area contributed by atoms with Crippen LogP contribution in [-0.4, -0.2) is 36.1 Å². The lowest BCUT2D eigenvalue weighted by molar-refractivity contribution is 0.602. The second-order valence-electron chi connectivity index (χ2n) is 7.30. The van der Waals surface area contributed by atoms with Crippen LogP contribution in [0.2, 0.25) is 0 Å². The number of H-pyrrole nitrogens is 1. The Hall–Kier alpha value is -3.22. The first-order chi connectivity index (χ1) is 13.4. The molecule has 0 unspecified atom stereocenters. The van der Waals surface area contributed by atoms with Crippen LogP contribution in [0.1, 0.15) is 47.4 Å². The van der Waals surface area contributed by atoms with Gasteiger partial charge in [-0.15, -0.1) is 0 Å². The molecule has 1 fully saturated rings. The number of aromatic nitrogens is 6. The molecule has 2 aliphatic rings. The fraction of sp³-hybridized carbons (Fsp3) is 0.300. The third-order valence-corrected chi connectivity index (χ3v) is 5.58. The summed E-state index contributed by atoms with van der Waals surface area (Å²) in [5.74, 6) is 1.40. The lowest BCUT2D eigenvalue weighted by Crippen LogP contribution is -2.37. The van der Waals surface area contributed by atoms with Crippen molar-refractivity contribution in [2.45, 2.75) is 31.2 Å². The molecule has 1 N–H and O–H groups in total. The minimum Gasteiger partial charge on any atom is -0.348 e. The maximum absolute atomic E-state index is 4.93. The zero-order valence-electron chi connectivity index (χ0n) is 14.8. The summed E-state index contributed by atoms with van der Waals surface area (Å²) in [6.45, 7) is 0.827. The molecule has 134 valence electrons. The van der Waals surface area contributed by atoms with Crippen molar-refractivity contribution in [2.24, 2.45) is 0 Å². The molecule has 7 nitrogen and oxygen atoms in total. The molecule has 6 rings (SSSR count). The van der Waals surface area contributed by atoms with Crippen molar-refractivity contribution >= 4 is 11.5 Å². The molecular weight excluding hydrogens is 338 g/mol. The molecule has 1 atom stereocenters. The highest BCUT2D eigenvalue weighted by Gasteiger charge is 2.35. The van der Waals surface area contributed by atoms with E-state index in [-0.39, 0.29) is 6.04 Å². The number of anilines is 1. The van der Waals surface area contributed by atoms with Gasteiger partial charge in [-0.2, -0.15) is 5.10 Å². The zero-order valence-corrected chi connectivity index (χ0v) is 14.8. The number of rotatable bonds is 3. The van der Waals surface area contributed by atoms with Gasteiger partial charge in [0.25, 0.3) is 0 Å². The second kappa shape index (κ2) is 5.64. The van der Waals surface area contributed by atoms with Gasteiger partial charge in [-0.05, 0) is 42.5 Å². The molecule has 0 bridgehead atoms. The van der Waals surface area contributed by atoms with Gasteiger partial charge in [0, 0.05) is 37.3 Å². The maximum Gasteiger partial charge on any atom is 0.226 e. The molecule has 0 spiro atoms. The molecule has 0 amide bonds. The Morgan fingerprint density at radius 3 is 2.81 bits per heavy atom. The van der Waals surface area contributed by atoms with Gasteiger partial charge in [0.15, 0.2) is 0 Å². The molecule has 1 aliphatic carbocycles. The van der Waals surface area contributed by atoms with Gasteiger partial charge in [0.1, 0.15) is 6.04 Å². The summed E-state index contributed by atoms with van der Waals surface area (Å²) in [6.07, 6.45) is 10.8. The van der Waals surface area contributed by atoms with Crippen LogP contribution in [0.3, 0.4) is 0 Å². The van der Waals surface area contributed by atoms with E-state index in [1.165, 1.54) is 29.6 Å². The van der Waals surface area contributed by atoms with Crippen molar-refractivity contribution in [2.75, 3.05) is 11.4 Å². The Labute approximate surface area is 156 Å². The van der Waals surface area contributed by atoms with E-state index in [0.29, 0.717) is 5.92 Å². The fourth-order valence-corrected chi connectivity index (χ4v) is 4.16. The first-order valence-electron chi connectivity index (χ1n) is 9.42. The second-order valence-corrected chi connectivity index (χ2v) is 7.30. The van der Waals surface area contributed by atoms with E-state index in [2.05, 4.69) is 43.0 Å². The molecule has 1 saturated carbocycles. The molecular formula is C20H19N7. The summed E-state index contributed by atoms with van der Waals surface area (Å²) in [4.78, 5) is 19.1. The van der Waals surface area contributed by atoms with E-state index >= 15 is 0 Å². The van der Waals surface area contributed by atoms with Crippen LogP contribution in [0.5, 0.6) is 0 Å². The van der Waals surface area contributed by atoms with Crippen LogP contribution in [0.4, 0.5) is 5.95 Å². The molecule has 27 heavy (non-hydrogen) atoms. The Morgan fingerprint density at radius 1 is 1.07 bits per heavy atom. The molecule has 0 saturated heterocycles. The Kier molecular flexibility index (Phi) is 3.11. The van der Waals surface area contributed by atoms with Gasteiger partial charge in [-0.3, -0.25) is 0 Å². The van der Waals surface area contributed by atoms with Gasteiger partial charge in [-0.25, -0.2) is 19.5 Å².